The Labute approximate surface area is 152 Å². The van der Waals surface area contributed by atoms with Gasteiger partial charge >= 0.3 is 0 Å². The van der Waals surface area contributed by atoms with Crippen molar-refractivity contribution in [2.75, 3.05) is 5.32 Å². The van der Waals surface area contributed by atoms with Crippen LogP contribution in [0.1, 0.15) is 5.56 Å². The van der Waals surface area contributed by atoms with Crippen molar-refractivity contribution in [3.63, 3.8) is 0 Å². The fourth-order valence-corrected chi connectivity index (χ4v) is 2.21. The molecule has 0 radical (unpaired) electrons. The van der Waals surface area contributed by atoms with Crippen LogP contribution in [0.5, 0.6) is 0 Å². The van der Waals surface area contributed by atoms with E-state index < -0.39 is 10.8 Å². The first-order valence-corrected chi connectivity index (χ1v) is 7.93. The molecular formula is C17H13BrN4O3. The van der Waals surface area contributed by atoms with E-state index in [2.05, 4.69) is 26.6 Å². The van der Waals surface area contributed by atoms with Gasteiger partial charge in [-0.3, -0.25) is 14.9 Å². The Hall–Kier alpha value is -3.18. The fraction of sp³-hybridized carbons (Fsp3) is 0.0588. The third kappa shape index (κ3) is 5.16. The number of anilines is 1. The molecule has 7 nitrogen and oxygen atoms in total. The molecule has 0 aliphatic rings. The van der Waals surface area contributed by atoms with Crippen LogP contribution in [0.15, 0.2) is 64.8 Å². The molecule has 2 aromatic rings. The molecule has 8 heteroatoms. The molecule has 0 unspecified atom stereocenters. The second-order valence-electron chi connectivity index (χ2n) is 4.91. The molecule has 0 aliphatic heterocycles. The first-order chi connectivity index (χ1) is 12.0. The van der Waals surface area contributed by atoms with Crippen molar-refractivity contribution in [2.24, 2.45) is 0 Å². The van der Waals surface area contributed by atoms with Crippen molar-refractivity contribution in [1.82, 2.24) is 5.32 Å². The minimum absolute atomic E-state index is 0.0339. The van der Waals surface area contributed by atoms with Gasteiger partial charge < -0.3 is 10.6 Å². The van der Waals surface area contributed by atoms with Gasteiger partial charge in [0.2, 0.25) is 0 Å². The Balaban J connectivity index is 2.04. The highest BCUT2D eigenvalue weighted by Gasteiger charge is 2.17. The number of amides is 1. The molecule has 0 fully saturated rings. The Bertz CT molecular complexity index is 857. The molecule has 2 N–H and O–H groups in total. The van der Waals surface area contributed by atoms with E-state index in [-0.39, 0.29) is 16.9 Å². The van der Waals surface area contributed by atoms with Gasteiger partial charge in [-0.25, -0.2) is 0 Å². The van der Waals surface area contributed by atoms with Crippen LogP contribution in [-0.2, 0) is 11.3 Å². The number of halogens is 1. The van der Waals surface area contributed by atoms with Gasteiger partial charge in [0.1, 0.15) is 17.3 Å². The summed E-state index contributed by atoms with van der Waals surface area (Å²) >= 11 is 3.34. The maximum absolute atomic E-state index is 12.1. The summed E-state index contributed by atoms with van der Waals surface area (Å²) in [6.07, 6.45) is 1.28. The quantitative estimate of drug-likeness (QED) is 0.333. The summed E-state index contributed by atoms with van der Waals surface area (Å²) < 4.78 is 0.952. The molecule has 0 bridgehead atoms. The lowest BCUT2D eigenvalue weighted by molar-refractivity contribution is -0.383. The van der Waals surface area contributed by atoms with Gasteiger partial charge in [0.05, 0.1) is 4.92 Å². The molecule has 0 aromatic heterocycles. The van der Waals surface area contributed by atoms with Crippen LogP contribution in [0.25, 0.3) is 0 Å². The van der Waals surface area contributed by atoms with Crippen molar-refractivity contribution in [3.05, 3.63) is 80.5 Å². The lowest BCUT2D eigenvalue weighted by atomic mass is 10.2. The molecule has 0 atom stereocenters. The SMILES string of the molecule is N#C/C(=C/NCc1ccc(Br)cc1)C(=O)Nc1ccccc1[N+](=O)[O-]. The molecule has 126 valence electrons. The summed E-state index contributed by atoms with van der Waals surface area (Å²) in [5, 5.41) is 25.3. The third-order valence-corrected chi connectivity index (χ3v) is 3.71. The third-order valence-electron chi connectivity index (χ3n) is 3.18. The van der Waals surface area contributed by atoms with Crippen molar-refractivity contribution in [3.8, 4) is 6.07 Å². The van der Waals surface area contributed by atoms with Crippen LogP contribution in [0, 0.1) is 21.4 Å². The zero-order valence-corrected chi connectivity index (χ0v) is 14.5. The number of nitro benzene ring substituents is 1. The first kappa shape index (κ1) is 18.2. The minimum atomic E-state index is -0.722. The largest absolute Gasteiger partial charge is 0.386 e. The Morgan fingerprint density at radius 1 is 1.24 bits per heavy atom. The molecule has 2 aromatic carbocycles. The zero-order chi connectivity index (χ0) is 18.2. The minimum Gasteiger partial charge on any atom is -0.386 e. The Morgan fingerprint density at radius 3 is 2.56 bits per heavy atom. The number of hydrogen-bond donors (Lipinski definition) is 2. The van der Waals surface area contributed by atoms with E-state index in [0.717, 1.165) is 10.0 Å². The number of nitro groups is 1. The van der Waals surface area contributed by atoms with Gasteiger partial charge in [-0.1, -0.05) is 40.2 Å². The van der Waals surface area contributed by atoms with E-state index in [1.165, 1.54) is 24.4 Å². The predicted molar refractivity (Wildman–Crippen MR) is 96.4 cm³/mol. The lowest BCUT2D eigenvalue weighted by Gasteiger charge is -2.06. The molecule has 0 saturated heterocycles. The van der Waals surface area contributed by atoms with E-state index in [1.807, 2.05) is 24.3 Å². The van der Waals surface area contributed by atoms with Crippen LogP contribution in [0.3, 0.4) is 0 Å². The van der Waals surface area contributed by atoms with Gasteiger partial charge in [-0.15, -0.1) is 0 Å². The number of para-hydroxylation sites is 2. The topological polar surface area (TPSA) is 108 Å². The van der Waals surface area contributed by atoms with Gasteiger partial charge in [-0.05, 0) is 23.8 Å². The number of benzene rings is 2. The molecule has 1 amide bonds. The lowest BCUT2D eigenvalue weighted by Crippen LogP contribution is -2.17. The second-order valence-corrected chi connectivity index (χ2v) is 5.82. The monoisotopic (exact) mass is 400 g/mol. The molecule has 0 spiro atoms. The summed E-state index contributed by atoms with van der Waals surface area (Å²) in [5.74, 6) is -0.722. The number of nitrogens with zero attached hydrogens (tertiary/aromatic N) is 2. The summed E-state index contributed by atoms with van der Waals surface area (Å²) in [6, 6.07) is 15.1. The maximum atomic E-state index is 12.1. The van der Waals surface area contributed by atoms with Crippen molar-refractivity contribution >= 4 is 33.2 Å². The fourth-order valence-electron chi connectivity index (χ4n) is 1.95. The van der Waals surface area contributed by atoms with Gasteiger partial charge in [0.15, 0.2) is 0 Å². The van der Waals surface area contributed by atoms with Crippen LogP contribution >= 0.6 is 15.9 Å². The second kappa shape index (κ2) is 8.61. The van der Waals surface area contributed by atoms with Crippen molar-refractivity contribution in [2.45, 2.75) is 6.54 Å². The standard InChI is InChI=1S/C17H13BrN4O3/c18-14-7-5-12(6-8-14)10-20-11-13(9-19)17(23)21-15-3-1-2-4-16(15)22(24)25/h1-8,11,20H,10H2,(H,21,23)/b13-11-. The van der Waals surface area contributed by atoms with Crippen LogP contribution in [-0.4, -0.2) is 10.8 Å². The highest BCUT2D eigenvalue weighted by atomic mass is 79.9. The van der Waals surface area contributed by atoms with Gasteiger partial charge in [0.25, 0.3) is 11.6 Å². The molecule has 25 heavy (non-hydrogen) atoms. The molecule has 0 aliphatic carbocycles. The molecule has 0 saturated carbocycles. The average Bonchev–Trinajstić information content (AvgIpc) is 2.60. The van der Waals surface area contributed by atoms with Gasteiger partial charge in [0, 0.05) is 23.3 Å². The Kier molecular flexibility index (Phi) is 6.26. The molecule has 2 rings (SSSR count). The number of carbonyl (C=O) groups is 1. The smallest absolute Gasteiger partial charge is 0.292 e. The van der Waals surface area contributed by atoms with Crippen molar-refractivity contribution in [1.29, 1.82) is 5.26 Å². The summed E-state index contributed by atoms with van der Waals surface area (Å²) in [6.45, 7) is 0.428. The Morgan fingerprint density at radius 2 is 1.92 bits per heavy atom. The van der Waals surface area contributed by atoms with Crippen molar-refractivity contribution < 1.29 is 9.72 Å². The van der Waals surface area contributed by atoms with Gasteiger partial charge in [-0.2, -0.15) is 5.26 Å². The number of hydrogen-bond acceptors (Lipinski definition) is 5. The van der Waals surface area contributed by atoms with E-state index in [0.29, 0.717) is 6.54 Å². The summed E-state index contributed by atoms with van der Waals surface area (Å²) in [4.78, 5) is 22.5. The van der Waals surface area contributed by atoms with Crippen LogP contribution < -0.4 is 10.6 Å². The van der Waals surface area contributed by atoms with E-state index in [4.69, 9.17) is 5.26 Å². The highest BCUT2D eigenvalue weighted by Crippen LogP contribution is 2.23. The number of carbonyl (C=O) groups excluding carboxylic acids is 1. The maximum Gasteiger partial charge on any atom is 0.292 e. The predicted octanol–water partition coefficient (Wildman–Crippen LogP) is 3.49. The molecule has 0 heterocycles. The summed E-state index contributed by atoms with van der Waals surface area (Å²) in [7, 11) is 0. The first-order valence-electron chi connectivity index (χ1n) is 7.14. The van der Waals surface area contributed by atoms with Crippen LogP contribution in [0.4, 0.5) is 11.4 Å². The summed E-state index contributed by atoms with van der Waals surface area (Å²) in [5.41, 5.74) is 0.577. The average molecular weight is 401 g/mol. The normalized spacial score (nSPS) is 10.6. The van der Waals surface area contributed by atoms with E-state index in [9.17, 15) is 14.9 Å². The van der Waals surface area contributed by atoms with E-state index >= 15 is 0 Å². The number of nitrogens with one attached hydrogen (secondary N) is 2. The molecular weight excluding hydrogens is 388 g/mol. The number of rotatable bonds is 6. The van der Waals surface area contributed by atoms with E-state index in [1.54, 1.807) is 12.1 Å². The zero-order valence-electron chi connectivity index (χ0n) is 12.9. The number of nitriles is 1. The highest BCUT2D eigenvalue weighted by molar-refractivity contribution is 9.10. The van der Waals surface area contributed by atoms with Crippen LogP contribution in [0.2, 0.25) is 0 Å².